The Labute approximate surface area is 170 Å². The molecule has 0 unspecified atom stereocenters. The number of amides is 1. The molecule has 0 spiro atoms. The minimum absolute atomic E-state index is 0.234. The molecule has 28 heavy (non-hydrogen) atoms. The van der Waals surface area contributed by atoms with Gasteiger partial charge in [0, 0.05) is 18.5 Å². The Kier molecular flexibility index (Phi) is 8.10. The van der Waals surface area contributed by atoms with Gasteiger partial charge in [-0.1, -0.05) is 56.3 Å². The molecule has 0 N–H and O–H groups in total. The standard InChI is InChI=1S/C25H35NO2/c1-6-26(17-15-22-11-8-7-9-12-22)24(27)25(4,5)16-10-18-28-23-19-20(2)13-14-21(23)3/h7-9,11-14,19H,6,10,15-18H2,1-5H3. The maximum atomic E-state index is 13.1. The zero-order valence-corrected chi connectivity index (χ0v) is 18.1. The summed E-state index contributed by atoms with van der Waals surface area (Å²) in [5.74, 6) is 1.18. The lowest BCUT2D eigenvalue weighted by Gasteiger charge is -2.31. The fourth-order valence-corrected chi connectivity index (χ4v) is 3.41. The minimum Gasteiger partial charge on any atom is -0.493 e. The number of nitrogens with zero attached hydrogens (tertiary/aromatic N) is 1. The fraction of sp³-hybridized carbons (Fsp3) is 0.480. The highest BCUT2D eigenvalue weighted by Crippen LogP contribution is 2.26. The van der Waals surface area contributed by atoms with Crippen molar-refractivity contribution < 1.29 is 9.53 Å². The minimum atomic E-state index is -0.377. The van der Waals surface area contributed by atoms with Crippen molar-refractivity contribution in [2.75, 3.05) is 19.7 Å². The average molecular weight is 382 g/mol. The molecule has 0 heterocycles. The first-order valence-corrected chi connectivity index (χ1v) is 10.4. The van der Waals surface area contributed by atoms with Crippen molar-refractivity contribution in [1.82, 2.24) is 4.90 Å². The first kappa shape index (κ1) is 22.0. The van der Waals surface area contributed by atoms with Crippen molar-refractivity contribution in [3.05, 3.63) is 65.2 Å². The lowest BCUT2D eigenvalue weighted by atomic mass is 9.86. The third kappa shape index (κ3) is 6.40. The van der Waals surface area contributed by atoms with E-state index < -0.39 is 0 Å². The first-order valence-electron chi connectivity index (χ1n) is 10.4. The Balaban J connectivity index is 1.83. The highest BCUT2D eigenvalue weighted by atomic mass is 16.5. The molecule has 0 radical (unpaired) electrons. The van der Waals surface area contributed by atoms with Crippen LogP contribution in [0.25, 0.3) is 0 Å². The zero-order valence-electron chi connectivity index (χ0n) is 18.1. The van der Waals surface area contributed by atoms with Crippen LogP contribution < -0.4 is 4.74 Å². The molecule has 0 aliphatic carbocycles. The lowest BCUT2D eigenvalue weighted by Crippen LogP contribution is -2.42. The second kappa shape index (κ2) is 10.3. The zero-order chi connectivity index (χ0) is 20.6. The molecule has 0 saturated heterocycles. The van der Waals surface area contributed by atoms with Crippen LogP contribution in [0.1, 0.15) is 50.3 Å². The van der Waals surface area contributed by atoms with E-state index in [0.717, 1.165) is 43.7 Å². The number of hydrogen-bond acceptors (Lipinski definition) is 2. The molecule has 0 aliphatic heterocycles. The molecule has 0 bridgehead atoms. The van der Waals surface area contributed by atoms with E-state index in [1.807, 2.05) is 23.1 Å². The van der Waals surface area contributed by atoms with E-state index in [2.05, 4.69) is 65.0 Å². The molecule has 0 aromatic heterocycles. The topological polar surface area (TPSA) is 29.5 Å². The summed E-state index contributed by atoms with van der Waals surface area (Å²) in [4.78, 5) is 15.1. The van der Waals surface area contributed by atoms with Gasteiger partial charge in [-0.2, -0.15) is 0 Å². The summed E-state index contributed by atoms with van der Waals surface area (Å²) in [7, 11) is 0. The third-order valence-electron chi connectivity index (χ3n) is 5.31. The number of hydrogen-bond donors (Lipinski definition) is 0. The van der Waals surface area contributed by atoms with E-state index in [-0.39, 0.29) is 11.3 Å². The Morgan fingerprint density at radius 3 is 2.46 bits per heavy atom. The molecule has 1 amide bonds. The van der Waals surface area contributed by atoms with E-state index >= 15 is 0 Å². The highest BCUT2D eigenvalue weighted by Gasteiger charge is 2.30. The van der Waals surface area contributed by atoms with Crippen LogP contribution in [-0.4, -0.2) is 30.5 Å². The molecule has 3 nitrogen and oxygen atoms in total. The monoisotopic (exact) mass is 381 g/mol. The van der Waals surface area contributed by atoms with Crippen LogP contribution in [0.5, 0.6) is 5.75 Å². The summed E-state index contributed by atoms with van der Waals surface area (Å²) >= 11 is 0. The van der Waals surface area contributed by atoms with Crippen molar-refractivity contribution in [3.8, 4) is 5.75 Å². The number of likely N-dealkylation sites (N-methyl/N-ethyl adjacent to an activating group) is 1. The molecule has 0 atom stereocenters. The molecule has 0 fully saturated rings. The maximum absolute atomic E-state index is 13.1. The van der Waals surface area contributed by atoms with Gasteiger partial charge >= 0.3 is 0 Å². The third-order valence-corrected chi connectivity index (χ3v) is 5.31. The van der Waals surface area contributed by atoms with E-state index in [1.54, 1.807) is 0 Å². The van der Waals surface area contributed by atoms with Gasteiger partial charge in [0.15, 0.2) is 0 Å². The van der Waals surface area contributed by atoms with Crippen LogP contribution in [0.3, 0.4) is 0 Å². The van der Waals surface area contributed by atoms with Crippen molar-refractivity contribution in [1.29, 1.82) is 0 Å². The number of ether oxygens (including phenoxy) is 1. The quantitative estimate of drug-likeness (QED) is 0.503. The summed E-state index contributed by atoms with van der Waals surface area (Å²) < 4.78 is 5.96. The Hall–Kier alpha value is -2.29. The second-order valence-electron chi connectivity index (χ2n) is 8.23. The fourth-order valence-electron chi connectivity index (χ4n) is 3.41. The molecule has 2 rings (SSSR count). The van der Waals surface area contributed by atoms with Gasteiger partial charge in [0.25, 0.3) is 0 Å². The predicted octanol–water partition coefficient (Wildman–Crippen LogP) is 5.58. The van der Waals surface area contributed by atoms with Crippen LogP contribution in [-0.2, 0) is 11.2 Å². The van der Waals surface area contributed by atoms with Crippen molar-refractivity contribution in [2.24, 2.45) is 5.41 Å². The van der Waals surface area contributed by atoms with Gasteiger partial charge in [0.2, 0.25) is 5.91 Å². The molecule has 2 aromatic rings. The van der Waals surface area contributed by atoms with Crippen molar-refractivity contribution in [2.45, 2.75) is 53.9 Å². The second-order valence-corrected chi connectivity index (χ2v) is 8.23. The summed E-state index contributed by atoms with van der Waals surface area (Å²) in [6, 6.07) is 16.6. The molecule has 2 aromatic carbocycles. The molecular formula is C25H35NO2. The number of rotatable bonds is 10. The van der Waals surface area contributed by atoms with Gasteiger partial charge in [0.1, 0.15) is 5.75 Å². The summed E-state index contributed by atoms with van der Waals surface area (Å²) in [6.45, 7) is 12.4. The predicted molar refractivity (Wildman–Crippen MR) is 117 cm³/mol. The van der Waals surface area contributed by atoms with Gasteiger partial charge in [0.05, 0.1) is 6.61 Å². The Morgan fingerprint density at radius 1 is 1.07 bits per heavy atom. The Bertz CT molecular complexity index is 752. The number of carbonyl (C=O) groups excluding carboxylic acids is 1. The SMILES string of the molecule is CCN(CCc1ccccc1)C(=O)C(C)(C)CCCOc1cc(C)ccc1C. The molecule has 3 heteroatoms. The highest BCUT2D eigenvalue weighted by molar-refractivity contribution is 5.81. The van der Waals surface area contributed by atoms with Crippen LogP contribution in [0.4, 0.5) is 0 Å². The van der Waals surface area contributed by atoms with Gasteiger partial charge in [-0.15, -0.1) is 0 Å². The van der Waals surface area contributed by atoms with E-state index in [0.29, 0.717) is 6.61 Å². The van der Waals surface area contributed by atoms with Gasteiger partial charge < -0.3 is 9.64 Å². The van der Waals surface area contributed by atoms with Crippen molar-refractivity contribution in [3.63, 3.8) is 0 Å². The summed E-state index contributed by atoms with van der Waals surface area (Å²) in [6.07, 6.45) is 2.58. The smallest absolute Gasteiger partial charge is 0.228 e. The van der Waals surface area contributed by atoms with E-state index in [1.165, 1.54) is 11.1 Å². The molecule has 0 saturated carbocycles. The van der Waals surface area contributed by atoms with Crippen LogP contribution in [0, 0.1) is 19.3 Å². The van der Waals surface area contributed by atoms with Gasteiger partial charge in [-0.25, -0.2) is 0 Å². The molecular weight excluding hydrogens is 346 g/mol. The van der Waals surface area contributed by atoms with Crippen LogP contribution >= 0.6 is 0 Å². The molecule has 0 aliphatic rings. The summed E-state index contributed by atoms with van der Waals surface area (Å²) in [5.41, 5.74) is 3.25. The average Bonchev–Trinajstić information content (AvgIpc) is 2.69. The number of carbonyl (C=O) groups is 1. The first-order chi connectivity index (χ1) is 13.3. The van der Waals surface area contributed by atoms with Crippen LogP contribution in [0.15, 0.2) is 48.5 Å². The molecule has 152 valence electrons. The summed E-state index contributed by atoms with van der Waals surface area (Å²) in [5, 5.41) is 0. The maximum Gasteiger partial charge on any atom is 0.228 e. The van der Waals surface area contributed by atoms with Crippen molar-refractivity contribution >= 4 is 5.91 Å². The van der Waals surface area contributed by atoms with Gasteiger partial charge in [-0.3, -0.25) is 4.79 Å². The van der Waals surface area contributed by atoms with E-state index in [4.69, 9.17) is 4.74 Å². The number of aryl methyl sites for hydroxylation is 2. The lowest BCUT2D eigenvalue weighted by molar-refractivity contribution is -0.140. The van der Waals surface area contributed by atoms with Gasteiger partial charge in [-0.05, 0) is 62.8 Å². The van der Waals surface area contributed by atoms with E-state index in [9.17, 15) is 4.79 Å². The normalized spacial score (nSPS) is 11.3. The van der Waals surface area contributed by atoms with Crippen LogP contribution in [0.2, 0.25) is 0 Å². The largest absolute Gasteiger partial charge is 0.493 e. The number of benzene rings is 2. The Morgan fingerprint density at radius 2 is 1.79 bits per heavy atom.